The number of carbonyl (C=O) groups excluding carboxylic acids is 2. The van der Waals surface area contributed by atoms with E-state index in [1.807, 2.05) is 37.3 Å². The lowest BCUT2D eigenvalue weighted by Crippen LogP contribution is -2.47. The van der Waals surface area contributed by atoms with Crippen molar-refractivity contribution in [1.29, 1.82) is 0 Å². The molecule has 0 saturated carbocycles. The lowest BCUT2D eigenvalue weighted by atomic mass is 10.0. The molecule has 0 aromatic heterocycles. The number of hydrogen-bond acceptors (Lipinski definition) is 3. The Hall–Kier alpha value is -1.88. The second-order valence-electron chi connectivity index (χ2n) is 6.51. The van der Waals surface area contributed by atoms with E-state index in [2.05, 4.69) is 16.0 Å². The molecule has 5 nitrogen and oxygen atoms in total. The minimum Gasteiger partial charge on any atom is -0.354 e. The SMILES string of the molecule is CCCC(NC(=O)Cc1ccccc1)C(=O)NCCC1CCNC1. The van der Waals surface area contributed by atoms with Gasteiger partial charge in [-0.05, 0) is 43.8 Å². The van der Waals surface area contributed by atoms with Crippen LogP contribution in [0, 0.1) is 5.92 Å². The van der Waals surface area contributed by atoms with Crippen molar-refractivity contribution in [3.05, 3.63) is 35.9 Å². The first-order chi connectivity index (χ1) is 11.7. The zero-order chi connectivity index (χ0) is 17.2. The summed E-state index contributed by atoms with van der Waals surface area (Å²) in [5.41, 5.74) is 0.958. The lowest BCUT2D eigenvalue weighted by Gasteiger charge is -2.18. The van der Waals surface area contributed by atoms with E-state index in [9.17, 15) is 9.59 Å². The first kappa shape index (κ1) is 18.5. The molecular formula is C19H29N3O2. The first-order valence-corrected chi connectivity index (χ1v) is 9.00. The number of nitrogens with one attached hydrogen (secondary N) is 3. The van der Waals surface area contributed by atoms with Crippen molar-refractivity contribution in [2.24, 2.45) is 5.92 Å². The van der Waals surface area contributed by atoms with Gasteiger partial charge in [-0.15, -0.1) is 0 Å². The molecule has 2 atom stereocenters. The summed E-state index contributed by atoms with van der Waals surface area (Å²) < 4.78 is 0. The summed E-state index contributed by atoms with van der Waals surface area (Å²) in [7, 11) is 0. The van der Waals surface area contributed by atoms with Gasteiger partial charge in [-0.25, -0.2) is 0 Å². The van der Waals surface area contributed by atoms with Gasteiger partial charge in [0.15, 0.2) is 0 Å². The molecule has 1 aliphatic heterocycles. The van der Waals surface area contributed by atoms with E-state index in [-0.39, 0.29) is 11.8 Å². The predicted octanol–water partition coefficient (Wildman–Crippen LogP) is 1.63. The molecular weight excluding hydrogens is 302 g/mol. The molecule has 5 heteroatoms. The van der Waals surface area contributed by atoms with Crippen molar-refractivity contribution in [2.45, 2.75) is 45.1 Å². The molecule has 2 amide bonds. The minimum atomic E-state index is -0.437. The van der Waals surface area contributed by atoms with E-state index < -0.39 is 6.04 Å². The average molecular weight is 331 g/mol. The summed E-state index contributed by atoms with van der Waals surface area (Å²) in [5, 5.41) is 9.20. The van der Waals surface area contributed by atoms with Crippen LogP contribution in [0.4, 0.5) is 0 Å². The van der Waals surface area contributed by atoms with Crippen molar-refractivity contribution in [3.63, 3.8) is 0 Å². The fourth-order valence-electron chi connectivity index (χ4n) is 3.07. The van der Waals surface area contributed by atoms with E-state index in [0.717, 1.165) is 31.5 Å². The summed E-state index contributed by atoms with van der Waals surface area (Å²) in [6.45, 7) is 4.82. The van der Waals surface area contributed by atoms with Crippen LogP contribution in [0.25, 0.3) is 0 Å². The number of carbonyl (C=O) groups is 2. The van der Waals surface area contributed by atoms with Crippen LogP contribution in [0.5, 0.6) is 0 Å². The van der Waals surface area contributed by atoms with Crippen LogP contribution in [0.15, 0.2) is 30.3 Å². The first-order valence-electron chi connectivity index (χ1n) is 9.00. The number of benzene rings is 1. The van der Waals surface area contributed by atoms with Crippen LogP contribution in [0.1, 0.15) is 38.2 Å². The van der Waals surface area contributed by atoms with Gasteiger partial charge >= 0.3 is 0 Å². The van der Waals surface area contributed by atoms with Gasteiger partial charge in [0.1, 0.15) is 6.04 Å². The van der Waals surface area contributed by atoms with E-state index in [0.29, 0.717) is 25.3 Å². The molecule has 1 aliphatic rings. The van der Waals surface area contributed by atoms with Crippen molar-refractivity contribution in [3.8, 4) is 0 Å². The van der Waals surface area contributed by atoms with Crippen LogP contribution in [0.3, 0.4) is 0 Å². The molecule has 24 heavy (non-hydrogen) atoms. The fourth-order valence-corrected chi connectivity index (χ4v) is 3.07. The molecule has 1 aromatic carbocycles. The van der Waals surface area contributed by atoms with E-state index in [1.165, 1.54) is 6.42 Å². The molecule has 0 radical (unpaired) electrons. The number of hydrogen-bond donors (Lipinski definition) is 3. The molecule has 1 aromatic rings. The molecule has 0 spiro atoms. The molecule has 2 unspecified atom stereocenters. The Morgan fingerprint density at radius 2 is 2.08 bits per heavy atom. The molecule has 1 heterocycles. The smallest absolute Gasteiger partial charge is 0.242 e. The fraction of sp³-hybridized carbons (Fsp3) is 0.579. The van der Waals surface area contributed by atoms with Crippen molar-refractivity contribution >= 4 is 11.8 Å². The van der Waals surface area contributed by atoms with Gasteiger partial charge in [-0.3, -0.25) is 9.59 Å². The zero-order valence-corrected chi connectivity index (χ0v) is 14.5. The van der Waals surface area contributed by atoms with Crippen LogP contribution >= 0.6 is 0 Å². The topological polar surface area (TPSA) is 70.2 Å². The van der Waals surface area contributed by atoms with Gasteiger partial charge in [-0.2, -0.15) is 0 Å². The second-order valence-corrected chi connectivity index (χ2v) is 6.51. The van der Waals surface area contributed by atoms with Gasteiger partial charge in [-0.1, -0.05) is 43.7 Å². The molecule has 2 rings (SSSR count). The molecule has 0 bridgehead atoms. The third kappa shape index (κ3) is 6.32. The number of amides is 2. The Morgan fingerprint density at radius 1 is 1.29 bits per heavy atom. The largest absolute Gasteiger partial charge is 0.354 e. The summed E-state index contributed by atoms with van der Waals surface area (Å²) in [5.74, 6) is 0.488. The van der Waals surface area contributed by atoms with Gasteiger partial charge in [0.05, 0.1) is 6.42 Å². The highest BCUT2D eigenvalue weighted by Crippen LogP contribution is 2.11. The molecule has 0 aliphatic carbocycles. The maximum atomic E-state index is 12.4. The highest BCUT2D eigenvalue weighted by Gasteiger charge is 2.20. The van der Waals surface area contributed by atoms with Crippen molar-refractivity contribution in [2.75, 3.05) is 19.6 Å². The highest BCUT2D eigenvalue weighted by atomic mass is 16.2. The van der Waals surface area contributed by atoms with E-state index in [4.69, 9.17) is 0 Å². The standard InChI is InChI=1S/C19H29N3O2/c1-2-6-17(19(24)21-12-10-16-9-11-20-14-16)22-18(23)13-15-7-4-3-5-8-15/h3-5,7-8,16-17,20H,2,6,9-14H2,1H3,(H,21,24)(H,22,23). The van der Waals surface area contributed by atoms with Crippen LogP contribution < -0.4 is 16.0 Å². The summed E-state index contributed by atoms with van der Waals surface area (Å²) in [6.07, 6.45) is 4.01. The third-order valence-corrected chi connectivity index (χ3v) is 4.45. The van der Waals surface area contributed by atoms with E-state index >= 15 is 0 Å². The highest BCUT2D eigenvalue weighted by molar-refractivity contribution is 5.88. The normalized spacial score (nSPS) is 18.1. The van der Waals surface area contributed by atoms with Crippen LogP contribution in [0.2, 0.25) is 0 Å². The average Bonchev–Trinajstić information content (AvgIpc) is 3.08. The Labute approximate surface area is 144 Å². The third-order valence-electron chi connectivity index (χ3n) is 4.45. The summed E-state index contributed by atoms with van der Waals surface area (Å²) in [4.78, 5) is 24.5. The van der Waals surface area contributed by atoms with Crippen molar-refractivity contribution in [1.82, 2.24) is 16.0 Å². The molecule has 1 fully saturated rings. The Kier molecular flexibility index (Phi) is 7.75. The van der Waals surface area contributed by atoms with E-state index in [1.54, 1.807) is 0 Å². The van der Waals surface area contributed by atoms with Crippen LogP contribution in [-0.2, 0) is 16.0 Å². The van der Waals surface area contributed by atoms with Gasteiger partial charge < -0.3 is 16.0 Å². The maximum Gasteiger partial charge on any atom is 0.242 e. The van der Waals surface area contributed by atoms with Gasteiger partial charge in [0, 0.05) is 6.54 Å². The Morgan fingerprint density at radius 3 is 2.75 bits per heavy atom. The molecule has 132 valence electrons. The Bertz CT molecular complexity index is 513. The monoisotopic (exact) mass is 331 g/mol. The zero-order valence-electron chi connectivity index (χ0n) is 14.5. The Balaban J connectivity index is 1.76. The second kappa shape index (κ2) is 10.1. The number of rotatable bonds is 9. The molecule has 3 N–H and O–H groups in total. The summed E-state index contributed by atoms with van der Waals surface area (Å²) >= 11 is 0. The van der Waals surface area contributed by atoms with Gasteiger partial charge in [0.25, 0.3) is 0 Å². The quantitative estimate of drug-likeness (QED) is 0.644. The minimum absolute atomic E-state index is 0.0655. The lowest BCUT2D eigenvalue weighted by molar-refractivity contribution is -0.128. The van der Waals surface area contributed by atoms with Crippen molar-refractivity contribution < 1.29 is 9.59 Å². The van der Waals surface area contributed by atoms with Gasteiger partial charge in [0.2, 0.25) is 11.8 Å². The van der Waals surface area contributed by atoms with Crippen LogP contribution in [-0.4, -0.2) is 37.5 Å². The summed E-state index contributed by atoms with van der Waals surface area (Å²) in [6, 6.07) is 9.16. The maximum absolute atomic E-state index is 12.4. The predicted molar refractivity (Wildman–Crippen MR) is 95.6 cm³/mol. The molecule has 1 saturated heterocycles.